The van der Waals surface area contributed by atoms with Crippen LogP contribution in [0.3, 0.4) is 0 Å². The lowest BCUT2D eigenvalue weighted by atomic mass is 10.2. The predicted molar refractivity (Wildman–Crippen MR) is 57.9 cm³/mol. The number of aromatic nitrogens is 1. The summed E-state index contributed by atoms with van der Waals surface area (Å²) < 4.78 is 5.40. The third kappa shape index (κ3) is 1.53. The van der Waals surface area contributed by atoms with Crippen molar-refractivity contribution in [3.8, 4) is 5.88 Å². The van der Waals surface area contributed by atoms with Crippen molar-refractivity contribution in [2.24, 2.45) is 0 Å². The molecule has 14 heavy (non-hydrogen) atoms. The fraction of sp³-hybridized carbons (Fsp3) is 0.182. The molecule has 0 unspecified atom stereocenters. The van der Waals surface area contributed by atoms with Crippen molar-refractivity contribution in [2.45, 2.75) is 6.92 Å². The highest BCUT2D eigenvalue weighted by Crippen LogP contribution is 2.28. The Kier molecular flexibility index (Phi) is 2.55. The zero-order valence-electron chi connectivity index (χ0n) is 7.83. The summed E-state index contributed by atoms with van der Waals surface area (Å²) in [7, 11) is 0. The maximum Gasteiger partial charge on any atom is 0.221 e. The van der Waals surface area contributed by atoms with E-state index in [-0.39, 0.29) is 0 Å². The summed E-state index contributed by atoms with van der Waals surface area (Å²) in [5.74, 6) is 0.646. The molecule has 2 aromatic rings. The highest BCUT2D eigenvalue weighted by molar-refractivity contribution is 6.35. The Morgan fingerprint density at radius 1 is 1.29 bits per heavy atom. The van der Waals surface area contributed by atoms with Crippen molar-refractivity contribution in [1.29, 1.82) is 0 Å². The molecular formula is C11H10ClNO. The third-order valence-corrected chi connectivity index (χ3v) is 2.29. The number of hydrogen-bond acceptors (Lipinski definition) is 2. The van der Waals surface area contributed by atoms with E-state index in [1.54, 1.807) is 6.20 Å². The molecule has 2 rings (SSSR count). The average molecular weight is 208 g/mol. The second kappa shape index (κ2) is 3.84. The van der Waals surface area contributed by atoms with Crippen LogP contribution in [0, 0.1) is 0 Å². The van der Waals surface area contributed by atoms with E-state index in [1.807, 2.05) is 31.2 Å². The molecule has 72 valence electrons. The molecule has 0 saturated heterocycles. The highest BCUT2D eigenvalue weighted by Gasteiger charge is 2.05. The van der Waals surface area contributed by atoms with Crippen LogP contribution < -0.4 is 4.74 Å². The number of ether oxygens (including phenoxy) is 1. The smallest absolute Gasteiger partial charge is 0.221 e. The summed E-state index contributed by atoms with van der Waals surface area (Å²) in [6.45, 7) is 2.55. The van der Waals surface area contributed by atoms with Crippen LogP contribution in [-0.2, 0) is 0 Å². The minimum absolute atomic E-state index is 0.610. The van der Waals surface area contributed by atoms with Crippen LogP contribution in [0.15, 0.2) is 30.5 Å². The van der Waals surface area contributed by atoms with Crippen molar-refractivity contribution in [2.75, 3.05) is 6.61 Å². The van der Waals surface area contributed by atoms with E-state index in [9.17, 15) is 0 Å². The molecule has 0 N–H and O–H groups in total. The minimum atomic E-state index is 0.610. The first-order valence-electron chi connectivity index (χ1n) is 4.49. The Bertz CT molecular complexity index is 456. The van der Waals surface area contributed by atoms with Crippen LogP contribution in [0.1, 0.15) is 6.92 Å². The highest BCUT2D eigenvalue weighted by atomic mass is 35.5. The number of pyridine rings is 1. The van der Waals surface area contributed by atoms with Crippen molar-refractivity contribution < 1.29 is 4.74 Å². The van der Waals surface area contributed by atoms with Gasteiger partial charge in [0.25, 0.3) is 0 Å². The molecule has 0 amide bonds. The zero-order chi connectivity index (χ0) is 9.97. The number of benzene rings is 1. The van der Waals surface area contributed by atoms with Crippen molar-refractivity contribution in [3.05, 3.63) is 35.5 Å². The SMILES string of the molecule is CCOc1ncc(Cl)c2ccccc12. The number of hydrogen-bond donors (Lipinski definition) is 0. The lowest BCUT2D eigenvalue weighted by molar-refractivity contribution is 0.331. The average Bonchev–Trinajstić information content (AvgIpc) is 2.23. The Balaban J connectivity index is 2.68. The van der Waals surface area contributed by atoms with Gasteiger partial charge in [0, 0.05) is 10.8 Å². The number of halogens is 1. The molecule has 0 fully saturated rings. The van der Waals surface area contributed by atoms with Gasteiger partial charge in [-0.25, -0.2) is 4.98 Å². The number of nitrogens with zero attached hydrogens (tertiary/aromatic N) is 1. The quantitative estimate of drug-likeness (QED) is 0.754. The summed E-state index contributed by atoms with van der Waals surface area (Å²) in [6, 6.07) is 7.81. The van der Waals surface area contributed by atoms with Crippen LogP contribution in [0.4, 0.5) is 0 Å². The fourth-order valence-corrected chi connectivity index (χ4v) is 1.60. The second-order valence-corrected chi connectivity index (χ2v) is 3.30. The van der Waals surface area contributed by atoms with E-state index in [0.717, 1.165) is 10.8 Å². The normalized spacial score (nSPS) is 10.4. The van der Waals surface area contributed by atoms with E-state index >= 15 is 0 Å². The zero-order valence-corrected chi connectivity index (χ0v) is 8.58. The molecule has 0 bridgehead atoms. The largest absolute Gasteiger partial charge is 0.478 e. The van der Waals surface area contributed by atoms with Gasteiger partial charge in [-0.1, -0.05) is 29.8 Å². The minimum Gasteiger partial charge on any atom is -0.478 e. The lowest BCUT2D eigenvalue weighted by Crippen LogP contribution is -1.95. The van der Waals surface area contributed by atoms with Crippen LogP contribution in [-0.4, -0.2) is 11.6 Å². The summed E-state index contributed by atoms with van der Waals surface area (Å²) in [4.78, 5) is 4.14. The van der Waals surface area contributed by atoms with Gasteiger partial charge in [-0.2, -0.15) is 0 Å². The lowest BCUT2D eigenvalue weighted by Gasteiger charge is -2.06. The first kappa shape index (κ1) is 9.28. The van der Waals surface area contributed by atoms with Gasteiger partial charge in [0.05, 0.1) is 17.8 Å². The van der Waals surface area contributed by atoms with Gasteiger partial charge in [0.15, 0.2) is 0 Å². The molecule has 1 aromatic carbocycles. The number of fused-ring (bicyclic) bond motifs is 1. The summed E-state index contributed by atoms with van der Waals surface area (Å²) in [5, 5.41) is 2.60. The summed E-state index contributed by atoms with van der Waals surface area (Å²) in [6.07, 6.45) is 1.62. The fourth-order valence-electron chi connectivity index (χ4n) is 1.38. The van der Waals surface area contributed by atoms with Gasteiger partial charge >= 0.3 is 0 Å². The predicted octanol–water partition coefficient (Wildman–Crippen LogP) is 3.29. The van der Waals surface area contributed by atoms with E-state index in [2.05, 4.69) is 4.98 Å². The van der Waals surface area contributed by atoms with Crippen LogP contribution in [0.2, 0.25) is 5.02 Å². The van der Waals surface area contributed by atoms with Crippen molar-refractivity contribution >= 4 is 22.4 Å². The Morgan fingerprint density at radius 2 is 2.00 bits per heavy atom. The first-order valence-corrected chi connectivity index (χ1v) is 4.86. The summed E-state index contributed by atoms with van der Waals surface area (Å²) >= 11 is 6.01. The molecule has 0 aliphatic heterocycles. The molecule has 0 aliphatic rings. The second-order valence-electron chi connectivity index (χ2n) is 2.89. The van der Waals surface area contributed by atoms with Gasteiger partial charge in [0.1, 0.15) is 0 Å². The standard InChI is InChI=1S/C11H10ClNO/c1-2-14-11-9-6-4-3-5-8(9)10(12)7-13-11/h3-7H,2H2,1H3. The topological polar surface area (TPSA) is 22.1 Å². The van der Waals surface area contributed by atoms with Gasteiger partial charge in [0.2, 0.25) is 5.88 Å². The van der Waals surface area contributed by atoms with E-state index in [0.29, 0.717) is 17.5 Å². The molecule has 2 nitrogen and oxygen atoms in total. The maximum atomic E-state index is 6.01. The monoisotopic (exact) mass is 207 g/mol. The molecule has 0 aliphatic carbocycles. The number of rotatable bonds is 2. The van der Waals surface area contributed by atoms with Crippen LogP contribution in [0.5, 0.6) is 5.88 Å². The van der Waals surface area contributed by atoms with Gasteiger partial charge in [-0.15, -0.1) is 0 Å². The third-order valence-electron chi connectivity index (χ3n) is 1.99. The molecule has 1 heterocycles. The van der Waals surface area contributed by atoms with Crippen molar-refractivity contribution in [3.63, 3.8) is 0 Å². The first-order chi connectivity index (χ1) is 6.83. The van der Waals surface area contributed by atoms with E-state index in [4.69, 9.17) is 16.3 Å². The molecular weight excluding hydrogens is 198 g/mol. The molecule has 0 radical (unpaired) electrons. The molecule has 3 heteroatoms. The molecule has 0 spiro atoms. The van der Waals surface area contributed by atoms with Gasteiger partial charge in [-0.3, -0.25) is 0 Å². The van der Waals surface area contributed by atoms with Gasteiger partial charge < -0.3 is 4.74 Å². The molecule has 0 saturated carbocycles. The van der Waals surface area contributed by atoms with Gasteiger partial charge in [-0.05, 0) is 13.0 Å². The Labute approximate surface area is 87.5 Å². The Hall–Kier alpha value is -1.28. The maximum absolute atomic E-state index is 6.01. The van der Waals surface area contributed by atoms with E-state index < -0.39 is 0 Å². The van der Waals surface area contributed by atoms with E-state index in [1.165, 1.54) is 0 Å². The van der Waals surface area contributed by atoms with Crippen LogP contribution >= 0.6 is 11.6 Å². The Morgan fingerprint density at radius 3 is 2.71 bits per heavy atom. The molecule has 0 atom stereocenters. The van der Waals surface area contributed by atoms with Crippen molar-refractivity contribution in [1.82, 2.24) is 4.98 Å². The molecule has 1 aromatic heterocycles. The summed E-state index contributed by atoms with van der Waals surface area (Å²) in [5.41, 5.74) is 0. The van der Waals surface area contributed by atoms with Crippen LogP contribution in [0.25, 0.3) is 10.8 Å².